The molecule has 0 bridgehead atoms. The molecule has 2 aromatic heterocycles. The molecule has 1 N–H and O–H groups in total. The van der Waals surface area contributed by atoms with Crippen molar-refractivity contribution in [1.29, 1.82) is 0 Å². The second-order valence-electron chi connectivity index (χ2n) is 4.38. The Bertz CT molecular complexity index is 828. The summed E-state index contributed by atoms with van der Waals surface area (Å²) in [5.74, 6) is -0.221. The Kier molecular flexibility index (Phi) is 4.15. The summed E-state index contributed by atoms with van der Waals surface area (Å²) in [5, 5.41) is 3.18. The number of H-pyrrole nitrogens is 1. The fourth-order valence-electron chi connectivity index (χ4n) is 1.91. The molecule has 2 heterocycles. The van der Waals surface area contributed by atoms with Gasteiger partial charge < -0.3 is 0 Å². The van der Waals surface area contributed by atoms with E-state index in [1.54, 1.807) is 24.4 Å². The van der Waals surface area contributed by atoms with Crippen LogP contribution in [0.1, 0.15) is 10.5 Å². The number of thioether (sulfide) groups is 1. The van der Waals surface area contributed by atoms with E-state index in [1.165, 1.54) is 16.4 Å². The number of aromatic amines is 1. The molecular weight excluding hydrogens is 302 g/mol. The van der Waals surface area contributed by atoms with Gasteiger partial charge in [-0.1, -0.05) is 36.0 Å². The van der Waals surface area contributed by atoms with Gasteiger partial charge in [0.15, 0.2) is 0 Å². The molecule has 0 atom stereocenters. The van der Waals surface area contributed by atoms with Gasteiger partial charge in [0.2, 0.25) is 11.5 Å². The van der Waals surface area contributed by atoms with Crippen molar-refractivity contribution in [3.05, 3.63) is 70.8 Å². The van der Waals surface area contributed by atoms with Crippen LogP contribution < -0.4 is 10.3 Å². The molecule has 0 amide bonds. The number of rotatable bonds is 5. The number of ketones is 1. The minimum Gasteiger partial charge on any atom is -0.286 e. The zero-order valence-corrected chi connectivity index (χ0v) is 12.2. The van der Waals surface area contributed by atoms with Gasteiger partial charge >= 0.3 is 11.3 Å². The molecule has 0 aliphatic heterocycles. The quantitative estimate of drug-likeness (QED) is 0.440. The molecule has 0 aliphatic carbocycles. The molecule has 0 radical (unpaired) electrons. The summed E-state index contributed by atoms with van der Waals surface area (Å²) in [4.78, 5) is 28.3. The summed E-state index contributed by atoms with van der Waals surface area (Å²) in [6, 6.07) is 14.5. The molecule has 0 saturated heterocycles. The molecule has 0 spiro atoms. The zero-order valence-electron chi connectivity index (χ0n) is 11.4. The van der Waals surface area contributed by atoms with Crippen molar-refractivity contribution in [3.8, 4) is 5.69 Å². The second kappa shape index (κ2) is 6.40. The number of hydrogen-bond donors (Lipinski definition) is 1. The number of nitrogens with one attached hydrogen (secondary N) is 1. The minimum absolute atomic E-state index is 0.0327. The maximum atomic E-state index is 12.3. The summed E-state index contributed by atoms with van der Waals surface area (Å²) in [5.41, 5.74) is -0.0651. The number of benzene rings is 1. The van der Waals surface area contributed by atoms with E-state index in [0.717, 1.165) is 5.03 Å². The lowest BCUT2D eigenvalue weighted by molar-refractivity contribution is -0.672. The van der Waals surface area contributed by atoms with Gasteiger partial charge in [0, 0.05) is 18.3 Å². The average Bonchev–Trinajstić information content (AvgIpc) is 2.96. The van der Waals surface area contributed by atoms with Crippen molar-refractivity contribution in [2.75, 3.05) is 5.75 Å². The summed E-state index contributed by atoms with van der Waals surface area (Å²) >= 11 is 1.27. The maximum Gasteiger partial charge on any atom is 0.438 e. The van der Waals surface area contributed by atoms with Crippen molar-refractivity contribution in [3.63, 3.8) is 0 Å². The number of carbonyl (C=O) groups is 1. The Morgan fingerprint density at radius 1 is 1.18 bits per heavy atom. The molecule has 3 rings (SSSR count). The molecular formula is C15H12N3O3S+. The number of para-hydroxylation sites is 1. The minimum atomic E-state index is -0.685. The van der Waals surface area contributed by atoms with Gasteiger partial charge in [-0.25, -0.2) is 9.78 Å². The Morgan fingerprint density at radius 3 is 2.68 bits per heavy atom. The molecule has 1 aromatic carbocycles. The Balaban J connectivity index is 1.84. The predicted octanol–water partition coefficient (Wildman–Crippen LogP) is 1.61. The van der Waals surface area contributed by atoms with Gasteiger partial charge in [0.25, 0.3) is 0 Å². The van der Waals surface area contributed by atoms with Crippen molar-refractivity contribution in [2.45, 2.75) is 5.03 Å². The molecule has 110 valence electrons. The van der Waals surface area contributed by atoms with E-state index < -0.39 is 5.63 Å². The normalized spacial score (nSPS) is 10.5. The van der Waals surface area contributed by atoms with Gasteiger partial charge in [-0.05, 0) is 22.1 Å². The van der Waals surface area contributed by atoms with Crippen LogP contribution in [0.2, 0.25) is 0 Å². The summed E-state index contributed by atoms with van der Waals surface area (Å²) in [7, 11) is 0. The lowest BCUT2D eigenvalue weighted by atomic mass is 10.3. The van der Waals surface area contributed by atoms with Crippen LogP contribution in [-0.4, -0.2) is 21.8 Å². The van der Waals surface area contributed by atoms with Crippen molar-refractivity contribution >= 4 is 17.5 Å². The number of carbonyl (C=O) groups excluding carboxylic acids is 1. The van der Waals surface area contributed by atoms with Crippen LogP contribution in [0.25, 0.3) is 5.69 Å². The number of nitrogens with zero attached hydrogens (tertiary/aromatic N) is 2. The summed E-state index contributed by atoms with van der Waals surface area (Å²) < 4.78 is 6.11. The van der Waals surface area contributed by atoms with E-state index in [4.69, 9.17) is 4.52 Å². The topological polar surface area (TPSA) is 79.8 Å². The summed E-state index contributed by atoms with van der Waals surface area (Å²) in [6.45, 7) is 0. The zero-order chi connectivity index (χ0) is 15.4. The number of hydrogen-bond acceptors (Lipinski definition) is 5. The van der Waals surface area contributed by atoms with Crippen molar-refractivity contribution < 1.29 is 14.0 Å². The van der Waals surface area contributed by atoms with Crippen LogP contribution in [-0.2, 0) is 0 Å². The van der Waals surface area contributed by atoms with Gasteiger partial charge in [-0.2, -0.15) is 0 Å². The van der Waals surface area contributed by atoms with Crippen molar-refractivity contribution in [1.82, 2.24) is 10.3 Å². The molecule has 0 unspecified atom stereocenters. The number of Topliss-reactive ketones (excluding diaryl/α,β-unsaturated/α-hetero) is 1. The van der Waals surface area contributed by atoms with Crippen LogP contribution in [0.4, 0.5) is 0 Å². The van der Waals surface area contributed by atoms with Crippen LogP contribution >= 0.6 is 11.8 Å². The van der Waals surface area contributed by atoms with E-state index in [1.807, 2.05) is 30.3 Å². The Hall–Kier alpha value is -2.67. The molecule has 7 heteroatoms. The number of pyridine rings is 1. The van der Waals surface area contributed by atoms with E-state index in [2.05, 4.69) is 10.3 Å². The first-order chi connectivity index (χ1) is 10.8. The maximum absolute atomic E-state index is 12.3. The second-order valence-corrected chi connectivity index (χ2v) is 5.38. The highest BCUT2D eigenvalue weighted by molar-refractivity contribution is 7.99. The van der Waals surface area contributed by atoms with E-state index in [9.17, 15) is 9.59 Å². The first-order valence-electron chi connectivity index (χ1n) is 6.51. The Labute approximate surface area is 129 Å². The molecule has 3 aromatic rings. The highest BCUT2D eigenvalue weighted by atomic mass is 32.2. The van der Waals surface area contributed by atoms with Crippen LogP contribution in [0.15, 0.2) is 69.1 Å². The van der Waals surface area contributed by atoms with Crippen LogP contribution in [0.5, 0.6) is 0 Å². The van der Waals surface area contributed by atoms with E-state index in [0.29, 0.717) is 5.69 Å². The number of aromatic nitrogens is 3. The smallest absolute Gasteiger partial charge is 0.286 e. The highest BCUT2D eigenvalue weighted by Crippen LogP contribution is 2.14. The summed E-state index contributed by atoms with van der Waals surface area (Å²) in [6.07, 6.45) is 1.65. The largest absolute Gasteiger partial charge is 0.438 e. The fourth-order valence-corrected chi connectivity index (χ4v) is 2.64. The van der Waals surface area contributed by atoms with E-state index >= 15 is 0 Å². The van der Waals surface area contributed by atoms with Gasteiger partial charge in [0.1, 0.15) is 0 Å². The molecule has 6 nitrogen and oxygen atoms in total. The third kappa shape index (κ3) is 2.99. The Morgan fingerprint density at radius 2 is 1.95 bits per heavy atom. The van der Waals surface area contributed by atoms with Gasteiger partial charge in [-0.3, -0.25) is 9.32 Å². The van der Waals surface area contributed by atoms with Crippen LogP contribution in [0, 0.1) is 0 Å². The first-order valence-corrected chi connectivity index (χ1v) is 7.50. The van der Waals surface area contributed by atoms with Gasteiger partial charge in [0.05, 0.1) is 10.8 Å². The first kappa shape index (κ1) is 14.3. The fraction of sp³-hybridized carbons (Fsp3) is 0.0667. The van der Waals surface area contributed by atoms with Crippen molar-refractivity contribution in [2.24, 2.45) is 0 Å². The third-order valence-corrected chi connectivity index (χ3v) is 3.86. The standard InChI is InChI=1S/C15H11N3O3S/c19-12(10-22-13-8-4-5-9-16-13)14-15(20)21-17-18(14)11-6-2-1-3-7-11/h1-9H,10H2/p+1. The average molecular weight is 314 g/mol. The third-order valence-electron chi connectivity index (χ3n) is 2.91. The molecule has 22 heavy (non-hydrogen) atoms. The molecule has 0 fully saturated rings. The lowest BCUT2D eigenvalue weighted by Crippen LogP contribution is -2.41. The highest BCUT2D eigenvalue weighted by Gasteiger charge is 2.30. The van der Waals surface area contributed by atoms with Crippen LogP contribution in [0.3, 0.4) is 0 Å². The lowest BCUT2D eigenvalue weighted by Gasteiger charge is -1.97. The molecule has 0 aliphatic rings. The monoisotopic (exact) mass is 314 g/mol. The predicted molar refractivity (Wildman–Crippen MR) is 80.2 cm³/mol. The SMILES string of the molecule is O=C(CSc1ccccn1)c1c(=O)o[nH][n+]1-c1ccccc1. The molecule has 0 saturated carbocycles. The van der Waals surface area contributed by atoms with Gasteiger partial charge in [-0.15, -0.1) is 0 Å². The van der Waals surface area contributed by atoms with E-state index in [-0.39, 0.29) is 17.2 Å².